The van der Waals surface area contributed by atoms with Crippen LogP contribution in [0.2, 0.25) is 0 Å². The number of nitrogens with one attached hydrogen (secondary N) is 1. The largest absolute Gasteiger partial charge is 0.507 e. The van der Waals surface area contributed by atoms with Crippen LogP contribution in [0.1, 0.15) is 84.8 Å². The van der Waals surface area contributed by atoms with Crippen LogP contribution in [0.15, 0.2) is 24.3 Å². The Kier molecular flexibility index (Phi) is 11.8. The molecule has 2 unspecified atom stereocenters. The van der Waals surface area contributed by atoms with E-state index in [2.05, 4.69) is 5.32 Å². The molecule has 0 radical (unpaired) electrons. The van der Waals surface area contributed by atoms with Gasteiger partial charge in [0.05, 0.1) is 33.5 Å². The molecule has 0 aromatic heterocycles. The Bertz CT molecular complexity index is 1390. The average Bonchev–Trinajstić information content (AvgIpc) is 2.97. The van der Waals surface area contributed by atoms with E-state index in [1.165, 1.54) is 27.4 Å². The number of ether oxygens (including phenoxy) is 4. The lowest BCUT2D eigenvalue weighted by atomic mass is 9.84. The van der Waals surface area contributed by atoms with Gasteiger partial charge in [-0.05, 0) is 61.9 Å². The number of Topliss-reactive ketones (excluding diaryl/α,β-unsaturated/α-hetero) is 1. The maximum Gasteiger partial charge on any atom is 0.342 e. The third-order valence-electron chi connectivity index (χ3n) is 7.24. The van der Waals surface area contributed by atoms with Crippen LogP contribution in [0.3, 0.4) is 0 Å². The lowest BCUT2D eigenvalue weighted by Crippen LogP contribution is -2.26. The van der Waals surface area contributed by atoms with Crippen LogP contribution in [0.4, 0.5) is 0 Å². The summed E-state index contributed by atoms with van der Waals surface area (Å²) in [7, 11) is 4.29. The first-order valence-corrected chi connectivity index (χ1v) is 14.1. The monoisotopic (exact) mass is 594 g/mol. The summed E-state index contributed by atoms with van der Waals surface area (Å²) in [6.45, 7) is 1.46. The van der Waals surface area contributed by atoms with Gasteiger partial charge in [-0.25, -0.2) is 4.79 Å². The average molecular weight is 595 g/mol. The van der Waals surface area contributed by atoms with Gasteiger partial charge < -0.3 is 34.5 Å². The maximum atomic E-state index is 13.5. The summed E-state index contributed by atoms with van der Waals surface area (Å²) in [4.78, 5) is 38.5. The summed E-state index contributed by atoms with van der Waals surface area (Å²) in [6.07, 6.45) is 5.53. The first-order valence-electron chi connectivity index (χ1n) is 14.1. The molecule has 2 atom stereocenters. The van der Waals surface area contributed by atoms with Crippen molar-refractivity contribution >= 4 is 23.7 Å². The highest BCUT2D eigenvalue weighted by Gasteiger charge is 2.32. The summed E-state index contributed by atoms with van der Waals surface area (Å²) in [5, 5.41) is 34.4. The Hall–Kier alpha value is -4.72. The Morgan fingerprint density at radius 2 is 1.77 bits per heavy atom. The molecule has 3 N–H and O–H groups in total. The molecule has 1 heterocycles. The Morgan fingerprint density at radius 3 is 2.40 bits per heavy atom. The van der Waals surface area contributed by atoms with Crippen LogP contribution < -0.4 is 19.5 Å². The molecule has 230 valence electrons. The summed E-state index contributed by atoms with van der Waals surface area (Å²) in [6, 6.07) is 6.34. The minimum Gasteiger partial charge on any atom is -0.507 e. The SMILES string of the molecule is COc1cc(C(CC(=O)NCC#N)c2c(O)cc3c(c2O)C(=O)OC(C)CCCC(=O)CCCC=C3)cc(OC)c1OC. The number of esters is 1. The smallest absolute Gasteiger partial charge is 0.342 e. The molecule has 11 heteroatoms. The van der Waals surface area contributed by atoms with E-state index in [0.717, 1.165) is 0 Å². The lowest BCUT2D eigenvalue weighted by Gasteiger charge is -2.24. The number of allylic oxidation sites excluding steroid dienone is 1. The molecule has 0 saturated heterocycles. The van der Waals surface area contributed by atoms with Crippen LogP contribution in [-0.4, -0.2) is 61.9 Å². The van der Waals surface area contributed by atoms with Crippen LogP contribution in [0.25, 0.3) is 6.08 Å². The van der Waals surface area contributed by atoms with E-state index in [1.807, 2.05) is 6.07 Å². The summed E-state index contributed by atoms with van der Waals surface area (Å²) < 4.78 is 22.0. The van der Waals surface area contributed by atoms with Gasteiger partial charge in [0, 0.05) is 30.7 Å². The zero-order chi connectivity index (χ0) is 31.5. The molecular weight excluding hydrogens is 556 g/mol. The number of hydrogen-bond acceptors (Lipinski definition) is 10. The van der Waals surface area contributed by atoms with Gasteiger partial charge >= 0.3 is 5.97 Å². The van der Waals surface area contributed by atoms with Gasteiger partial charge in [-0.15, -0.1) is 0 Å². The molecule has 11 nitrogen and oxygen atoms in total. The number of methoxy groups -OCH3 is 3. The van der Waals surface area contributed by atoms with E-state index in [4.69, 9.17) is 24.2 Å². The second-order valence-electron chi connectivity index (χ2n) is 10.2. The fourth-order valence-corrected chi connectivity index (χ4v) is 5.10. The molecule has 43 heavy (non-hydrogen) atoms. The predicted octanol–water partition coefficient (Wildman–Crippen LogP) is 4.77. The highest BCUT2D eigenvalue weighted by atomic mass is 16.5. The van der Waals surface area contributed by atoms with Gasteiger partial charge in [-0.2, -0.15) is 5.26 Å². The second-order valence-corrected chi connectivity index (χ2v) is 10.2. The molecule has 0 spiro atoms. The van der Waals surface area contributed by atoms with E-state index in [0.29, 0.717) is 49.8 Å². The van der Waals surface area contributed by atoms with Crippen molar-refractivity contribution in [1.29, 1.82) is 5.26 Å². The highest BCUT2D eigenvalue weighted by Crippen LogP contribution is 2.47. The van der Waals surface area contributed by atoms with Gasteiger partial charge in [0.1, 0.15) is 29.4 Å². The van der Waals surface area contributed by atoms with Crippen molar-refractivity contribution in [3.63, 3.8) is 0 Å². The summed E-state index contributed by atoms with van der Waals surface area (Å²) in [5.41, 5.74) is 0.357. The molecule has 3 rings (SSSR count). The predicted molar refractivity (Wildman–Crippen MR) is 158 cm³/mol. The van der Waals surface area contributed by atoms with E-state index in [9.17, 15) is 24.6 Å². The number of phenolic OH excluding ortho intramolecular Hbond substituents is 2. The highest BCUT2D eigenvalue weighted by molar-refractivity contribution is 5.98. The van der Waals surface area contributed by atoms with Crippen molar-refractivity contribution in [3.05, 3.63) is 46.5 Å². The number of nitriles is 1. The number of cyclic esters (lactones) is 1. The minimum absolute atomic E-state index is 0.0927. The molecular formula is C32H38N2O9. The van der Waals surface area contributed by atoms with Gasteiger partial charge in [0.2, 0.25) is 11.7 Å². The van der Waals surface area contributed by atoms with Crippen LogP contribution in [0.5, 0.6) is 28.7 Å². The molecule has 0 saturated carbocycles. The van der Waals surface area contributed by atoms with Crippen molar-refractivity contribution in [2.24, 2.45) is 0 Å². The molecule has 1 amide bonds. The number of benzene rings is 2. The molecule has 0 aliphatic carbocycles. The van der Waals surface area contributed by atoms with Crippen molar-refractivity contribution in [2.45, 2.75) is 63.9 Å². The van der Waals surface area contributed by atoms with Gasteiger partial charge in [0.15, 0.2) is 11.5 Å². The van der Waals surface area contributed by atoms with Crippen molar-refractivity contribution in [2.75, 3.05) is 27.9 Å². The number of nitrogens with zero attached hydrogens (tertiary/aromatic N) is 1. The summed E-state index contributed by atoms with van der Waals surface area (Å²) in [5.74, 6) is -2.31. The van der Waals surface area contributed by atoms with Crippen molar-refractivity contribution in [1.82, 2.24) is 5.32 Å². The molecule has 1 aliphatic rings. The number of ketones is 1. The number of aromatic hydroxyl groups is 2. The Labute approximate surface area is 251 Å². The van der Waals surface area contributed by atoms with Gasteiger partial charge in [0.25, 0.3) is 0 Å². The number of fused-ring (bicyclic) bond motifs is 1. The van der Waals surface area contributed by atoms with Crippen LogP contribution in [-0.2, 0) is 14.3 Å². The fraction of sp³-hybridized carbons (Fsp3) is 0.438. The molecule has 0 fully saturated rings. The number of carbonyl (C=O) groups is 3. The van der Waals surface area contributed by atoms with Crippen LogP contribution >= 0.6 is 0 Å². The van der Waals surface area contributed by atoms with E-state index >= 15 is 0 Å². The zero-order valence-electron chi connectivity index (χ0n) is 24.9. The third kappa shape index (κ3) is 8.19. The Morgan fingerprint density at radius 1 is 1.09 bits per heavy atom. The fourth-order valence-electron chi connectivity index (χ4n) is 5.10. The van der Waals surface area contributed by atoms with E-state index in [-0.39, 0.29) is 52.7 Å². The number of amides is 1. The third-order valence-corrected chi connectivity index (χ3v) is 7.24. The topological polar surface area (TPSA) is 164 Å². The van der Waals surface area contributed by atoms with Gasteiger partial charge in [-0.1, -0.05) is 12.2 Å². The van der Waals surface area contributed by atoms with Crippen LogP contribution in [0, 0.1) is 11.3 Å². The number of hydrogen-bond donors (Lipinski definition) is 3. The first kappa shape index (κ1) is 32.8. The maximum absolute atomic E-state index is 13.5. The standard InChI is InChI=1S/C32H38N2O9/c1-19-9-8-12-22(35)11-7-5-6-10-20-15-24(36)29(30(38)28(20)32(39)43-19)23(18-27(37)34-14-13-33)21-16-25(40-2)31(42-4)26(17-21)41-3/h6,10,15-17,19,23,36,38H,5,7-9,11-12,14,18H2,1-4H3,(H,34,37). The van der Waals surface area contributed by atoms with Crippen molar-refractivity contribution < 1.29 is 43.5 Å². The van der Waals surface area contributed by atoms with E-state index in [1.54, 1.807) is 31.2 Å². The number of carbonyl (C=O) groups excluding carboxylic acids is 3. The van der Waals surface area contributed by atoms with Crippen molar-refractivity contribution in [3.8, 4) is 34.8 Å². The minimum atomic E-state index is -1.02. The molecule has 1 aliphatic heterocycles. The summed E-state index contributed by atoms with van der Waals surface area (Å²) >= 11 is 0. The normalized spacial score (nSPS) is 16.6. The number of rotatable bonds is 8. The second kappa shape index (κ2) is 15.5. The molecule has 2 aromatic carbocycles. The zero-order valence-corrected chi connectivity index (χ0v) is 24.9. The molecule has 2 aromatic rings. The lowest BCUT2D eigenvalue weighted by molar-refractivity contribution is -0.121. The molecule has 0 bridgehead atoms. The first-order chi connectivity index (χ1) is 20.6. The quantitative estimate of drug-likeness (QED) is 0.286. The van der Waals surface area contributed by atoms with Gasteiger partial charge in [-0.3, -0.25) is 9.59 Å². The Balaban J connectivity index is 2.24. The van der Waals surface area contributed by atoms with E-state index < -0.39 is 29.6 Å². The number of phenols is 2.